The Morgan fingerprint density at radius 2 is 1.69 bits per heavy atom. The van der Waals surface area contributed by atoms with Crippen LogP contribution in [0.25, 0.3) is 0 Å². The molecule has 1 fully saturated rings. The van der Waals surface area contributed by atoms with Crippen LogP contribution in [0.2, 0.25) is 0 Å². The zero-order valence-electron chi connectivity index (χ0n) is 20.7. The van der Waals surface area contributed by atoms with Crippen molar-refractivity contribution in [3.8, 4) is 5.75 Å². The quantitative estimate of drug-likeness (QED) is 0.346. The molecule has 1 atom stereocenters. The smallest absolute Gasteiger partial charge is 0.261 e. The van der Waals surface area contributed by atoms with Crippen LogP contribution >= 0.6 is 15.9 Å². The number of halogens is 1. The Balaban J connectivity index is 1.60. The van der Waals surface area contributed by atoms with Crippen LogP contribution in [-0.2, 0) is 22.6 Å². The molecule has 3 aromatic rings. The molecule has 1 aliphatic carbocycles. The Hall–Kier alpha value is -3.12. The Morgan fingerprint density at radius 3 is 2.39 bits per heavy atom. The van der Waals surface area contributed by atoms with Crippen molar-refractivity contribution in [3.63, 3.8) is 0 Å². The fraction of sp³-hybridized carbons (Fsp3) is 0.333. The lowest BCUT2D eigenvalue weighted by atomic mass is 10.0. The zero-order chi connectivity index (χ0) is 25.3. The second-order valence-corrected chi connectivity index (χ2v) is 10.4. The lowest BCUT2D eigenvalue weighted by molar-refractivity contribution is -0.143. The van der Waals surface area contributed by atoms with Gasteiger partial charge >= 0.3 is 0 Å². The maximum Gasteiger partial charge on any atom is 0.261 e. The van der Waals surface area contributed by atoms with E-state index in [1.54, 1.807) is 4.90 Å². The molecular weight excluding hydrogens is 516 g/mol. The average Bonchev–Trinajstić information content (AvgIpc) is 3.39. The van der Waals surface area contributed by atoms with Crippen LogP contribution < -0.4 is 10.1 Å². The third kappa shape index (κ3) is 7.44. The normalized spacial score (nSPS) is 14.3. The number of hydrogen-bond donors (Lipinski definition) is 1. The molecule has 5 nitrogen and oxygen atoms in total. The summed E-state index contributed by atoms with van der Waals surface area (Å²) >= 11 is 3.48. The summed E-state index contributed by atoms with van der Waals surface area (Å²) in [4.78, 5) is 29.0. The average molecular weight is 550 g/mol. The van der Waals surface area contributed by atoms with Gasteiger partial charge in [0.2, 0.25) is 5.91 Å². The molecule has 1 saturated carbocycles. The molecule has 4 rings (SSSR count). The lowest BCUT2D eigenvalue weighted by Gasteiger charge is -2.32. The first-order valence-electron chi connectivity index (χ1n) is 12.6. The molecule has 36 heavy (non-hydrogen) atoms. The number of nitrogens with one attached hydrogen (secondary N) is 1. The molecule has 0 aliphatic heterocycles. The lowest BCUT2D eigenvalue weighted by Crippen LogP contribution is -2.53. The Morgan fingerprint density at radius 1 is 0.972 bits per heavy atom. The zero-order valence-corrected chi connectivity index (χ0v) is 22.2. The summed E-state index contributed by atoms with van der Waals surface area (Å²) in [6.45, 7) is 2.17. The molecule has 0 heterocycles. The predicted molar refractivity (Wildman–Crippen MR) is 146 cm³/mol. The first-order chi connectivity index (χ1) is 17.5. The maximum absolute atomic E-state index is 13.7. The molecule has 188 valence electrons. The molecule has 3 aromatic carbocycles. The van der Waals surface area contributed by atoms with E-state index in [1.165, 1.54) is 0 Å². The van der Waals surface area contributed by atoms with Crippen molar-refractivity contribution in [2.45, 2.75) is 57.7 Å². The molecular formula is C30H33BrN2O3. The van der Waals surface area contributed by atoms with Gasteiger partial charge in [0.05, 0.1) is 0 Å². The van der Waals surface area contributed by atoms with Gasteiger partial charge in [-0.15, -0.1) is 0 Å². The summed E-state index contributed by atoms with van der Waals surface area (Å²) in [7, 11) is 0. The van der Waals surface area contributed by atoms with Crippen molar-refractivity contribution in [1.82, 2.24) is 10.2 Å². The minimum atomic E-state index is -0.648. The first kappa shape index (κ1) is 26.0. The molecule has 0 spiro atoms. The highest BCUT2D eigenvalue weighted by Gasteiger charge is 2.32. The molecule has 0 saturated heterocycles. The number of ether oxygens (including phenoxy) is 1. The topological polar surface area (TPSA) is 58.6 Å². The van der Waals surface area contributed by atoms with Gasteiger partial charge in [0.15, 0.2) is 6.61 Å². The summed E-state index contributed by atoms with van der Waals surface area (Å²) in [5.74, 6) is 0.315. The van der Waals surface area contributed by atoms with Gasteiger partial charge in [0.25, 0.3) is 5.91 Å². The minimum Gasteiger partial charge on any atom is -0.484 e. The third-order valence-corrected chi connectivity index (χ3v) is 7.12. The van der Waals surface area contributed by atoms with E-state index < -0.39 is 6.04 Å². The predicted octanol–water partition coefficient (Wildman–Crippen LogP) is 5.84. The number of carbonyl (C=O) groups is 2. The van der Waals surface area contributed by atoms with Gasteiger partial charge in [-0.1, -0.05) is 83.4 Å². The van der Waals surface area contributed by atoms with Crippen LogP contribution in [0.15, 0.2) is 83.3 Å². The highest BCUT2D eigenvalue weighted by Crippen LogP contribution is 2.21. The molecule has 0 aromatic heterocycles. The van der Waals surface area contributed by atoms with Crippen LogP contribution in [0.5, 0.6) is 5.75 Å². The molecule has 1 N–H and O–H groups in total. The van der Waals surface area contributed by atoms with Gasteiger partial charge in [-0.25, -0.2) is 0 Å². The number of benzene rings is 3. The van der Waals surface area contributed by atoms with Gasteiger partial charge in [0.1, 0.15) is 11.8 Å². The number of amides is 2. The van der Waals surface area contributed by atoms with Crippen molar-refractivity contribution in [2.24, 2.45) is 0 Å². The fourth-order valence-electron chi connectivity index (χ4n) is 4.64. The molecule has 1 aliphatic rings. The Kier molecular flexibility index (Phi) is 9.17. The monoisotopic (exact) mass is 548 g/mol. The van der Waals surface area contributed by atoms with Crippen LogP contribution in [0, 0.1) is 6.92 Å². The van der Waals surface area contributed by atoms with Gasteiger partial charge < -0.3 is 15.0 Å². The van der Waals surface area contributed by atoms with Crippen molar-refractivity contribution in [3.05, 3.63) is 100 Å². The van der Waals surface area contributed by atoms with Gasteiger partial charge in [-0.05, 0) is 60.7 Å². The van der Waals surface area contributed by atoms with Crippen LogP contribution in [0.3, 0.4) is 0 Å². The molecule has 0 bridgehead atoms. The second kappa shape index (κ2) is 12.7. The SMILES string of the molecule is Cc1cccc(OCC(=O)N(Cc2ccc(Br)cc2)[C@H](Cc2ccccc2)C(=O)NC2CCCC2)c1. The minimum absolute atomic E-state index is 0.105. The van der Waals surface area contributed by atoms with E-state index in [0.717, 1.165) is 46.8 Å². The van der Waals surface area contributed by atoms with E-state index in [-0.39, 0.29) is 24.5 Å². The van der Waals surface area contributed by atoms with E-state index in [2.05, 4.69) is 21.2 Å². The van der Waals surface area contributed by atoms with E-state index in [9.17, 15) is 9.59 Å². The third-order valence-electron chi connectivity index (χ3n) is 6.59. The number of carbonyl (C=O) groups excluding carboxylic acids is 2. The molecule has 0 unspecified atom stereocenters. The van der Waals surface area contributed by atoms with Gasteiger partial charge in [-0.2, -0.15) is 0 Å². The summed E-state index contributed by atoms with van der Waals surface area (Å²) < 4.78 is 6.83. The van der Waals surface area contributed by atoms with Gasteiger partial charge in [0, 0.05) is 23.5 Å². The van der Waals surface area contributed by atoms with Crippen LogP contribution in [0.4, 0.5) is 0 Å². The Bertz CT molecular complexity index is 1140. The molecule has 6 heteroatoms. The van der Waals surface area contributed by atoms with E-state index >= 15 is 0 Å². The van der Waals surface area contributed by atoms with Crippen LogP contribution in [0.1, 0.15) is 42.4 Å². The van der Waals surface area contributed by atoms with Crippen molar-refractivity contribution < 1.29 is 14.3 Å². The fourth-order valence-corrected chi connectivity index (χ4v) is 4.91. The summed E-state index contributed by atoms with van der Waals surface area (Å²) in [6.07, 6.45) is 4.66. The molecule has 2 amide bonds. The number of rotatable bonds is 10. The largest absolute Gasteiger partial charge is 0.484 e. The molecule has 0 radical (unpaired) electrons. The van der Waals surface area contributed by atoms with E-state index in [4.69, 9.17) is 4.74 Å². The van der Waals surface area contributed by atoms with Crippen molar-refractivity contribution in [2.75, 3.05) is 6.61 Å². The standard InChI is InChI=1S/C30H33BrN2O3/c1-22-8-7-13-27(18-22)36-21-29(34)33(20-24-14-16-25(31)17-15-24)28(19-23-9-3-2-4-10-23)30(35)32-26-11-5-6-12-26/h2-4,7-10,13-18,26,28H,5-6,11-12,19-21H2,1H3,(H,32,35)/t28-/m1/s1. The number of nitrogens with zero attached hydrogens (tertiary/aromatic N) is 1. The van der Waals surface area contributed by atoms with Crippen LogP contribution in [-0.4, -0.2) is 35.4 Å². The van der Waals surface area contributed by atoms with Crippen molar-refractivity contribution in [1.29, 1.82) is 0 Å². The summed E-state index contributed by atoms with van der Waals surface area (Å²) in [5, 5.41) is 3.23. The summed E-state index contributed by atoms with van der Waals surface area (Å²) in [5.41, 5.74) is 3.02. The van der Waals surface area contributed by atoms with E-state index in [1.807, 2.05) is 85.8 Å². The number of aryl methyl sites for hydroxylation is 1. The Labute approximate surface area is 222 Å². The number of hydrogen-bond acceptors (Lipinski definition) is 3. The first-order valence-corrected chi connectivity index (χ1v) is 13.3. The van der Waals surface area contributed by atoms with E-state index in [0.29, 0.717) is 18.7 Å². The highest BCUT2D eigenvalue weighted by atomic mass is 79.9. The second-order valence-electron chi connectivity index (χ2n) is 9.45. The van der Waals surface area contributed by atoms with Crippen molar-refractivity contribution >= 4 is 27.7 Å². The highest BCUT2D eigenvalue weighted by molar-refractivity contribution is 9.10. The van der Waals surface area contributed by atoms with Gasteiger partial charge in [-0.3, -0.25) is 9.59 Å². The summed E-state index contributed by atoms with van der Waals surface area (Å²) in [6, 6.07) is 24.9. The maximum atomic E-state index is 13.7.